The van der Waals surface area contributed by atoms with E-state index in [0.717, 1.165) is 11.0 Å². The Balaban J connectivity index is 2.20. The van der Waals surface area contributed by atoms with E-state index in [1.807, 2.05) is 24.3 Å². The summed E-state index contributed by atoms with van der Waals surface area (Å²) in [6.45, 7) is 4.45. The van der Waals surface area contributed by atoms with Crippen molar-refractivity contribution in [2.24, 2.45) is 0 Å². The van der Waals surface area contributed by atoms with E-state index in [0.29, 0.717) is 25.4 Å². The van der Waals surface area contributed by atoms with Crippen molar-refractivity contribution >= 4 is 21.8 Å². The van der Waals surface area contributed by atoms with Gasteiger partial charge >= 0.3 is 0 Å². The molecule has 112 valence electrons. The lowest BCUT2D eigenvalue weighted by Crippen LogP contribution is -2.40. The minimum absolute atomic E-state index is 0.124. The van der Waals surface area contributed by atoms with Crippen LogP contribution in [0.1, 0.15) is 6.92 Å². The molecule has 0 aliphatic carbocycles. The summed E-state index contributed by atoms with van der Waals surface area (Å²) in [5.74, 6) is 0.551. The molecule has 5 nitrogen and oxygen atoms in total. The Bertz CT molecular complexity index is 398. The summed E-state index contributed by atoms with van der Waals surface area (Å²) in [6.07, 6.45) is -0.518. The molecule has 1 rings (SSSR count). The number of carbonyl (C=O) groups excluding carboxylic acids is 1. The number of hydrogen-bond donors (Lipinski definition) is 2. The maximum atomic E-state index is 11.8. The lowest BCUT2D eigenvalue weighted by Gasteiger charge is -2.15. The Morgan fingerprint density at radius 2 is 1.95 bits per heavy atom. The fourth-order valence-electron chi connectivity index (χ4n) is 1.49. The number of carbonyl (C=O) groups is 1. The summed E-state index contributed by atoms with van der Waals surface area (Å²) < 4.78 is 11.4. The van der Waals surface area contributed by atoms with Crippen LogP contribution in [0.2, 0.25) is 0 Å². The fraction of sp³-hybridized carbons (Fsp3) is 0.500. The highest BCUT2D eigenvalue weighted by molar-refractivity contribution is 9.10. The molecule has 0 radical (unpaired) electrons. The molecular weight excluding hydrogens is 324 g/mol. The van der Waals surface area contributed by atoms with Gasteiger partial charge in [0.05, 0.1) is 6.61 Å². The minimum atomic E-state index is -0.518. The summed E-state index contributed by atoms with van der Waals surface area (Å²) in [5.41, 5.74) is 0. The maximum absolute atomic E-state index is 11.8. The first-order valence-corrected chi connectivity index (χ1v) is 7.32. The zero-order valence-electron chi connectivity index (χ0n) is 11.8. The highest BCUT2D eigenvalue weighted by Crippen LogP contribution is 2.17. The van der Waals surface area contributed by atoms with Crippen LogP contribution >= 0.6 is 15.9 Å². The number of nitrogens with one attached hydrogen (secondary N) is 2. The monoisotopic (exact) mass is 344 g/mol. The van der Waals surface area contributed by atoms with Gasteiger partial charge in [0.2, 0.25) is 0 Å². The van der Waals surface area contributed by atoms with Crippen LogP contribution in [-0.2, 0) is 9.53 Å². The van der Waals surface area contributed by atoms with Crippen LogP contribution in [0.25, 0.3) is 0 Å². The molecule has 0 heterocycles. The SMILES string of the molecule is COCCNCCNC(=O)C(C)Oc1ccc(Br)cc1. The predicted octanol–water partition coefficient (Wildman–Crippen LogP) is 1.57. The van der Waals surface area contributed by atoms with E-state index in [-0.39, 0.29) is 5.91 Å². The average molecular weight is 345 g/mol. The third-order valence-corrected chi connectivity index (χ3v) is 3.11. The second kappa shape index (κ2) is 9.74. The lowest BCUT2D eigenvalue weighted by molar-refractivity contribution is -0.127. The summed E-state index contributed by atoms with van der Waals surface area (Å²) in [7, 11) is 1.66. The van der Waals surface area contributed by atoms with Crippen LogP contribution in [0, 0.1) is 0 Å². The minimum Gasteiger partial charge on any atom is -0.481 e. The van der Waals surface area contributed by atoms with Gasteiger partial charge in [-0.3, -0.25) is 4.79 Å². The average Bonchev–Trinajstić information content (AvgIpc) is 2.45. The third-order valence-electron chi connectivity index (χ3n) is 2.58. The van der Waals surface area contributed by atoms with Crippen LogP contribution in [0.15, 0.2) is 28.7 Å². The first kappa shape index (κ1) is 16.9. The van der Waals surface area contributed by atoms with Crippen molar-refractivity contribution in [2.45, 2.75) is 13.0 Å². The molecule has 0 saturated carbocycles. The van der Waals surface area contributed by atoms with Crippen molar-refractivity contribution in [1.29, 1.82) is 0 Å². The molecule has 1 atom stereocenters. The molecule has 20 heavy (non-hydrogen) atoms. The Hall–Kier alpha value is -1.11. The quantitative estimate of drug-likeness (QED) is 0.667. The predicted molar refractivity (Wildman–Crippen MR) is 82.0 cm³/mol. The van der Waals surface area contributed by atoms with Crippen molar-refractivity contribution in [3.63, 3.8) is 0 Å². The van der Waals surface area contributed by atoms with Gasteiger partial charge in [-0.05, 0) is 31.2 Å². The number of amides is 1. The molecule has 1 unspecified atom stereocenters. The number of rotatable bonds is 9. The van der Waals surface area contributed by atoms with Gasteiger partial charge in [-0.15, -0.1) is 0 Å². The Kier molecular flexibility index (Phi) is 8.25. The number of methoxy groups -OCH3 is 1. The zero-order chi connectivity index (χ0) is 14.8. The molecule has 0 aliphatic rings. The normalized spacial score (nSPS) is 11.9. The van der Waals surface area contributed by atoms with E-state index in [2.05, 4.69) is 26.6 Å². The van der Waals surface area contributed by atoms with Gasteiger partial charge in [-0.25, -0.2) is 0 Å². The van der Waals surface area contributed by atoms with E-state index >= 15 is 0 Å². The van der Waals surface area contributed by atoms with Crippen LogP contribution in [-0.4, -0.2) is 45.4 Å². The molecule has 1 amide bonds. The zero-order valence-corrected chi connectivity index (χ0v) is 13.4. The molecule has 0 aromatic heterocycles. The second-order valence-corrected chi connectivity index (χ2v) is 5.16. The first-order chi connectivity index (χ1) is 9.63. The smallest absolute Gasteiger partial charge is 0.260 e. The standard InChI is InChI=1S/C14H21BrN2O3/c1-11(20-13-5-3-12(15)4-6-13)14(18)17-8-7-16-9-10-19-2/h3-6,11,16H,7-10H2,1-2H3,(H,17,18). The van der Waals surface area contributed by atoms with Gasteiger partial charge < -0.3 is 20.1 Å². The molecule has 1 aromatic carbocycles. The molecule has 0 fully saturated rings. The van der Waals surface area contributed by atoms with Crippen LogP contribution in [0.4, 0.5) is 0 Å². The Labute approximate surface area is 128 Å². The summed E-state index contributed by atoms with van der Waals surface area (Å²) in [4.78, 5) is 11.8. The largest absolute Gasteiger partial charge is 0.481 e. The van der Waals surface area contributed by atoms with E-state index in [1.54, 1.807) is 14.0 Å². The third kappa shape index (κ3) is 6.88. The van der Waals surface area contributed by atoms with E-state index < -0.39 is 6.10 Å². The van der Waals surface area contributed by atoms with Gasteiger partial charge in [0.15, 0.2) is 6.10 Å². The molecule has 6 heteroatoms. The van der Waals surface area contributed by atoms with Crippen molar-refractivity contribution < 1.29 is 14.3 Å². The molecule has 0 bridgehead atoms. The topological polar surface area (TPSA) is 59.6 Å². The fourth-order valence-corrected chi connectivity index (χ4v) is 1.75. The maximum Gasteiger partial charge on any atom is 0.260 e. The van der Waals surface area contributed by atoms with Crippen molar-refractivity contribution in [3.05, 3.63) is 28.7 Å². The Morgan fingerprint density at radius 1 is 1.25 bits per heavy atom. The molecule has 0 saturated heterocycles. The van der Waals surface area contributed by atoms with Gasteiger partial charge in [0.1, 0.15) is 5.75 Å². The number of benzene rings is 1. The van der Waals surface area contributed by atoms with E-state index in [4.69, 9.17) is 9.47 Å². The number of halogens is 1. The first-order valence-electron chi connectivity index (χ1n) is 6.53. The van der Waals surface area contributed by atoms with Crippen molar-refractivity contribution in [3.8, 4) is 5.75 Å². The van der Waals surface area contributed by atoms with Crippen LogP contribution < -0.4 is 15.4 Å². The van der Waals surface area contributed by atoms with Crippen LogP contribution in [0.5, 0.6) is 5.75 Å². The number of ether oxygens (including phenoxy) is 2. The van der Waals surface area contributed by atoms with Gasteiger partial charge in [-0.2, -0.15) is 0 Å². The van der Waals surface area contributed by atoms with Crippen molar-refractivity contribution in [2.75, 3.05) is 33.4 Å². The number of hydrogen-bond acceptors (Lipinski definition) is 4. The molecule has 0 aliphatic heterocycles. The molecular formula is C14H21BrN2O3. The molecule has 2 N–H and O–H groups in total. The lowest BCUT2D eigenvalue weighted by atomic mass is 10.3. The molecule has 0 spiro atoms. The van der Waals surface area contributed by atoms with Gasteiger partial charge in [0, 0.05) is 31.2 Å². The summed E-state index contributed by atoms with van der Waals surface area (Å²) in [6, 6.07) is 7.39. The molecule has 1 aromatic rings. The summed E-state index contributed by atoms with van der Waals surface area (Å²) >= 11 is 3.35. The van der Waals surface area contributed by atoms with Crippen molar-refractivity contribution in [1.82, 2.24) is 10.6 Å². The highest BCUT2D eigenvalue weighted by atomic mass is 79.9. The second-order valence-electron chi connectivity index (χ2n) is 4.25. The van der Waals surface area contributed by atoms with Gasteiger partial charge in [0.25, 0.3) is 5.91 Å². The highest BCUT2D eigenvalue weighted by Gasteiger charge is 2.13. The summed E-state index contributed by atoms with van der Waals surface area (Å²) in [5, 5.41) is 5.97. The van der Waals surface area contributed by atoms with Crippen LogP contribution in [0.3, 0.4) is 0 Å². The van der Waals surface area contributed by atoms with E-state index in [9.17, 15) is 4.79 Å². The Morgan fingerprint density at radius 3 is 2.60 bits per heavy atom. The van der Waals surface area contributed by atoms with E-state index in [1.165, 1.54) is 0 Å². The van der Waals surface area contributed by atoms with Gasteiger partial charge in [-0.1, -0.05) is 15.9 Å².